The second-order valence-corrected chi connectivity index (χ2v) is 4.43. The lowest BCUT2D eigenvalue weighted by molar-refractivity contribution is -0.136. The standard InChI is InChI=1S/C9H10O5S/c1-7-2-4-8(5-3-7)15(12,13)14-9(11)6-10/h2-5,10H,6H2,1H3. The molecular weight excluding hydrogens is 220 g/mol. The van der Waals surface area contributed by atoms with Gasteiger partial charge in [0.15, 0.2) is 0 Å². The zero-order chi connectivity index (χ0) is 11.5. The van der Waals surface area contributed by atoms with Crippen molar-refractivity contribution in [3.8, 4) is 0 Å². The van der Waals surface area contributed by atoms with Gasteiger partial charge in [-0.15, -0.1) is 0 Å². The maximum absolute atomic E-state index is 11.4. The molecule has 0 aliphatic carbocycles. The van der Waals surface area contributed by atoms with E-state index < -0.39 is 22.7 Å². The monoisotopic (exact) mass is 230 g/mol. The van der Waals surface area contributed by atoms with Crippen LogP contribution < -0.4 is 0 Å². The molecule has 0 aliphatic rings. The van der Waals surface area contributed by atoms with Crippen molar-refractivity contribution in [2.24, 2.45) is 0 Å². The molecule has 6 heteroatoms. The molecule has 0 radical (unpaired) electrons. The van der Waals surface area contributed by atoms with Crippen molar-refractivity contribution in [2.75, 3.05) is 6.61 Å². The first kappa shape index (κ1) is 11.7. The Balaban J connectivity index is 2.96. The van der Waals surface area contributed by atoms with E-state index in [0.29, 0.717) is 0 Å². The summed E-state index contributed by atoms with van der Waals surface area (Å²) in [6.45, 7) is 0.835. The van der Waals surface area contributed by atoms with Crippen molar-refractivity contribution in [2.45, 2.75) is 11.8 Å². The first-order valence-corrected chi connectivity index (χ1v) is 5.51. The van der Waals surface area contributed by atoms with Gasteiger partial charge in [0.05, 0.1) is 0 Å². The Morgan fingerprint density at radius 2 is 1.87 bits per heavy atom. The molecule has 82 valence electrons. The minimum Gasteiger partial charge on any atom is -0.385 e. The molecule has 0 aromatic heterocycles. The number of aryl methyl sites for hydroxylation is 1. The summed E-state index contributed by atoms with van der Waals surface area (Å²) in [6.07, 6.45) is 0. The summed E-state index contributed by atoms with van der Waals surface area (Å²) in [6, 6.07) is 5.82. The van der Waals surface area contributed by atoms with E-state index in [1.54, 1.807) is 19.1 Å². The van der Waals surface area contributed by atoms with Gasteiger partial charge in [-0.3, -0.25) is 0 Å². The third kappa shape index (κ3) is 3.03. The van der Waals surface area contributed by atoms with E-state index in [-0.39, 0.29) is 4.90 Å². The van der Waals surface area contributed by atoms with Crippen LogP contribution in [0.25, 0.3) is 0 Å². The second kappa shape index (κ2) is 4.41. The summed E-state index contributed by atoms with van der Waals surface area (Å²) in [4.78, 5) is 10.5. The Hall–Kier alpha value is -1.40. The van der Waals surface area contributed by atoms with Crippen molar-refractivity contribution in [3.63, 3.8) is 0 Å². The largest absolute Gasteiger partial charge is 0.385 e. The van der Waals surface area contributed by atoms with Crippen molar-refractivity contribution in [3.05, 3.63) is 29.8 Å². The van der Waals surface area contributed by atoms with Crippen LogP contribution in [0, 0.1) is 6.92 Å². The molecule has 0 bridgehead atoms. The maximum Gasteiger partial charge on any atom is 0.347 e. The summed E-state index contributed by atoms with van der Waals surface area (Å²) in [5.41, 5.74) is 0.891. The minimum absolute atomic E-state index is 0.116. The van der Waals surface area contributed by atoms with Crippen molar-refractivity contribution in [1.82, 2.24) is 0 Å². The summed E-state index contributed by atoms with van der Waals surface area (Å²) >= 11 is 0. The fourth-order valence-electron chi connectivity index (χ4n) is 0.902. The predicted molar refractivity (Wildman–Crippen MR) is 51.5 cm³/mol. The molecule has 0 spiro atoms. The highest BCUT2D eigenvalue weighted by Crippen LogP contribution is 2.13. The van der Waals surface area contributed by atoms with Gasteiger partial charge in [0.2, 0.25) is 0 Å². The molecule has 1 aromatic carbocycles. The molecule has 0 heterocycles. The number of rotatable bonds is 3. The molecule has 1 rings (SSSR count). The number of aliphatic hydroxyl groups excluding tert-OH is 1. The van der Waals surface area contributed by atoms with E-state index >= 15 is 0 Å². The minimum atomic E-state index is -4.10. The second-order valence-electron chi connectivity index (χ2n) is 2.88. The molecule has 0 fully saturated rings. The number of hydrogen-bond donors (Lipinski definition) is 1. The van der Waals surface area contributed by atoms with Crippen LogP contribution in [0.2, 0.25) is 0 Å². The average molecular weight is 230 g/mol. The molecule has 0 atom stereocenters. The van der Waals surface area contributed by atoms with E-state index in [2.05, 4.69) is 4.18 Å². The van der Waals surface area contributed by atoms with E-state index in [1.165, 1.54) is 12.1 Å². The topological polar surface area (TPSA) is 80.7 Å². The van der Waals surface area contributed by atoms with Gasteiger partial charge in [-0.25, -0.2) is 4.79 Å². The molecule has 0 saturated carbocycles. The van der Waals surface area contributed by atoms with Crippen LogP contribution in [-0.4, -0.2) is 26.1 Å². The molecule has 1 N–H and O–H groups in total. The molecular formula is C9H10O5S. The number of benzene rings is 1. The van der Waals surface area contributed by atoms with Gasteiger partial charge in [-0.05, 0) is 19.1 Å². The first-order chi connectivity index (χ1) is 6.95. The Morgan fingerprint density at radius 1 is 1.33 bits per heavy atom. The highest BCUT2D eigenvalue weighted by molar-refractivity contribution is 7.87. The normalized spacial score (nSPS) is 11.1. The van der Waals surface area contributed by atoms with Crippen LogP contribution in [0.1, 0.15) is 5.56 Å². The molecule has 1 aromatic rings. The zero-order valence-corrected chi connectivity index (χ0v) is 8.82. The maximum atomic E-state index is 11.4. The van der Waals surface area contributed by atoms with Crippen LogP contribution >= 0.6 is 0 Å². The van der Waals surface area contributed by atoms with Gasteiger partial charge in [-0.1, -0.05) is 17.7 Å². The van der Waals surface area contributed by atoms with Crippen LogP contribution in [-0.2, 0) is 19.1 Å². The highest BCUT2D eigenvalue weighted by Gasteiger charge is 2.18. The molecule has 5 nitrogen and oxygen atoms in total. The average Bonchev–Trinajstić information content (AvgIpc) is 2.17. The third-order valence-electron chi connectivity index (χ3n) is 1.64. The Morgan fingerprint density at radius 3 is 2.33 bits per heavy atom. The predicted octanol–water partition coefficient (Wildman–Crippen LogP) is 0.219. The quantitative estimate of drug-likeness (QED) is 0.751. The summed E-state index contributed by atoms with van der Waals surface area (Å²) in [5.74, 6) is -1.20. The SMILES string of the molecule is Cc1ccc(S(=O)(=O)OC(=O)CO)cc1. The molecule has 0 unspecified atom stereocenters. The number of aliphatic hydroxyl groups is 1. The third-order valence-corrected chi connectivity index (χ3v) is 2.90. The van der Waals surface area contributed by atoms with Crippen LogP contribution in [0.15, 0.2) is 29.2 Å². The van der Waals surface area contributed by atoms with Gasteiger partial charge >= 0.3 is 16.1 Å². The van der Waals surface area contributed by atoms with Gasteiger partial charge < -0.3 is 9.29 Å². The van der Waals surface area contributed by atoms with Crippen molar-refractivity contribution < 1.29 is 22.5 Å². The van der Waals surface area contributed by atoms with Crippen LogP contribution in [0.3, 0.4) is 0 Å². The summed E-state index contributed by atoms with van der Waals surface area (Å²) in [7, 11) is -4.10. The summed E-state index contributed by atoms with van der Waals surface area (Å²) in [5, 5.41) is 8.35. The Bertz CT molecular complexity index is 446. The van der Waals surface area contributed by atoms with E-state index in [0.717, 1.165) is 5.56 Å². The van der Waals surface area contributed by atoms with Crippen molar-refractivity contribution >= 4 is 16.1 Å². The van der Waals surface area contributed by atoms with E-state index in [9.17, 15) is 13.2 Å². The Kier molecular flexibility index (Phi) is 3.43. The summed E-state index contributed by atoms with van der Waals surface area (Å²) < 4.78 is 26.8. The van der Waals surface area contributed by atoms with Gasteiger partial charge in [0.1, 0.15) is 11.5 Å². The lowest BCUT2D eigenvalue weighted by Crippen LogP contribution is -2.15. The first-order valence-electron chi connectivity index (χ1n) is 4.10. The molecule has 0 saturated heterocycles. The fourth-order valence-corrected chi connectivity index (χ4v) is 1.76. The van der Waals surface area contributed by atoms with Crippen LogP contribution in [0.4, 0.5) is 0 Å². The zero-order valence-electron chi connectivity index (χ0n) is 8.00. The lowest BCUT2D eigenvalue weighted by atomic mass is 10.2. The Labute approximate surface area is 87.4 Å². The molecule has 0 aliphatic heterocycles. The van der Waals surface area contributed by atoms with E-state index in [4.69, 9.17) is 5.11 Å². The molecule has 15 heavy (non-hydrogen) atoms. The van der Waals surface area contributed by atoms with E-state index in [1.807, 2.05) is 0 Å². The van der Waals surface area contributed by atoms with Gasteiger partial charge in [0, 0.05) is 0 Å². The smallest absolute Gasteiger partial charge is 0.347 e. The highest BCUT2D eigenvalue weighted by atomic mass is 32.2. The fraction of sp³-hybridized carbons (Fsp3) is 0.222. The number of carbonyl (C=O) groups is 1. The van der Waals surface area contributed by atoms with Gasteiger partial charge in [-0.2, -0.15) is 8.42 Å². The number of hydrogen-bond acceptors (Lipinski definition) is 5. The van der Waals surface area contributed by atoms with Crippen molar-refractivity contribution in [1.29, 1.82) is 0 Å². The van der Waals surface area contributed by atoms with Gasteiger partial charge in [0.25, 0.3) is 0 Å². The molecule has 0 amide bonds. The lowest BCUT2D eigenvalue weighted by Gasteiger charge is -2.03. The van der Waals surface area contributed by atoms with Crippen LogP contribution in [0.5, 0.6) is 0 Å². The number of carbonyl (C=O) groups excluding carboxylic acids is 1.